The Bertz CT molecular complexity index is 1540. The zero-order valence-corrected chi connectivity index (χ0v) is 21.9. The predicted molar refractivity (Wildman–Crippen MR) is 143 cm³/mol. The van der Waals surface area contributed by atoms with Crippen molar-refractivity contribution in [2.75, 3.05) is 5.32 Å². The van der Waals surface area contributed by atoms with Gasteiger partial charge < -0.3 is 15.7 Å². The van der Waals surface area contributed by atoms with Gasteiger partial charge in [-0.3, -0.25) is 18.8 Å². The standard InChI is InChI=1S/C28H26F2N4O4S/c1-15(31-25(35)11-17-8-19(29)13-20(30)9-17)27(38)32-21-5-3-18(4-6-21)22-14-34-23-7-2-16(12-26(36)37)10-24(23)39-28(34)33-22/h3-6,8-9,13-16H,2,7,10-12H2,1H3,(H,31,35)(H,32,38)(H,36,37)/t15-,16?/m1/s1. The molecule has 2 heterocycles. The van der Waals surface area contributed by atoms with E-state index in [-0.39, 0.29) is 24.3 Å². The molecule has 2 amide bonds. The molecule has 0 saturated heterocycles. The molecule has 11 heteroatoms. The molecule has 202 valence electrons. The Labute approximate surface area is 226 Å². The van der Waals surface area contributed by atoms with Gasteiger partial charge in [-0.1, -0.05) is 12.1 Å². The van der Waals surface area contributed by atoms with Gasteiger partial charge in [0.15, 0.2) is 4.96 Å². The Morgan fingerprint density at radius 1 is 1.15 bits per heavy atom. The number of aromatic nitrogens is 2. The van der Waals surface area contributed by atoms with Crippen molar-refractivity contribution in [2.24, 2.45) is 5.92 Å². The molecule has 0 radical (unpaired) electrons. The summed E-state index contributed by atoms with van der Waals surface area (Å²) in [5, 5.41) is 14.4. The van der Waals surface area contributed by atoms with Gasteiger partial charge in [-0.05, 0) is 61.9 Å². The molecule has 0 spiro atoms. The van der Waals surface area contributed by atoms with Crippen molar-refractivity contribution in [1.29, 1.82) is 0 Å². The van der Waals surface area contributed by atoms with Crippen LogP contribution < -0.4 is 10.6 Å². The normalized spacial score (nSPS) is 15.5. The number of hydrogen-bond acceptors (Lipinski definition) is 5. The van der Waals surface area contributed by atoms with E-state index in [1.807, 2.05) is 18.3 Å². The number of halogens is 2. The number of nitrogens with one attached hydrogen (secondary N) is 2. The summed E-state index contributed by atoms with van der Waals surface area (Å²) in [6.45, 7) is 1.52. The van der Waals surface area contributed by atoms with E-state index < -0.39 is 35.5 Å². The van der Waals surface area contributed by atoms with Crippen molar-refractivity contribution < 1.29 is 28.3 Å². The lowest BCUT2D eigenvalue weighted by Crippen LogP contribution is -2.42. The maximum Gasteiger partial charge on any atom is 0.303 e. The molecule has 0 fully saturated rings. The number of carbonyl (C=O) groups excluding carboxylic acids is 2. The quantitative estimate of drug-likeness (QED) is 0.296. The summed E-state index contributed by atoms with van der Waals surface area (Å²) in [7, 11) is 0. The van der Waals surface area contributed by atoms with Gasteiger partial charge in [-0.25, -0.2) is 13.8 Å². The highest BCUT2D eigenvalue weighted by molar-refractivity contribution is 7.17. The van der Waals surface area contributed by atoms with Crippen molar-refractivity contribution in [1.82, 2.24) is 14.7 Å². The van der Waals surface area contributed by atoms with Gasteiger partial charge in [0.1, 0.15) is 17.7 Å². The summed E-state index contributed by atoms with van der Waals surface area (Å²) in [5.41, 5.74) is 3.58. The van der Waals surface area contributed by atoms with Gasteiger partial charge >= 0.3 is 5.97 Å². The number of fused-ring (bicyclic) bond motifs is 3. The molecule has 8 nitrogen and oxygen atoms in total. The Morgan fingerprint density at radius 2 is 1.87 bits per heavy atom. The minimum Gasteiger partial charge on any atom is -0.481 e. The van der Waals surface area contributed by atoms with Gasteiger partial charge in [0.2, 0.25) is 11.8 Å². The van der Waals surface area contributed by atoms with E-state index >= 15 is 0 Å². The Hall–Kier alpha value is -4.12. The van der Waals surface area contributed by atoms with Crippen molar-refractivity contribution in [3.63, 3.8) is 0 Å². The molecule has 2 atom stereocenters. The number of carboxylic acid groups (broad SMARTS) is 1. The smallest absolute Gasteiger partial charge is 0.303 e. The van der Waals surface area contributed by atoms with Gasteiger partial charge in [-0.15, -0.1) is 11.3 Å². The van der Waals surface area contributed by atoms with Crippen molar-refractivity contribution in [3.8, 4) is 11.3 Å². The highest BCUT2D eigenvalue weighted by Crippen LogP contribution is 2.35. The van der Waals surface area contributed by atoms with E-state index in [4.69, 9.17) is 10.1 Å². The van der Waals surface area contributed by atoms with Gasteiger partial charge in [0.25, 0.3) is 0 Å². The van der Waals surface area contributed by atoms with Crippen LogP contribution in [0.5, 0.6) is 0 Å². The van der Waals surface area contributed by atoms with E-state index in [1.54, 1.807) is 23.5 Å². The zero-order valence-electron chi connectivity index (χ0n) is 21.0. The monoisotopic (exact) mass is 552 g/mol. The van der Waals surface area contributed by atoms with E-state index in [9.17, 15) is 23.2 Å². The third-order valence-corrected chi connectivity index (χ3v) is 7.85. The second kappa shape index (κ2) is 10.9. The molecule has 1 aliphatic carbocycles. The van der Waals surface area contributed by atoms with Crippen LogP contribution in [0.4, 0.5) is 14.5 Å². The van der Waals surface area contributed by atoms with Gasteiger partial charge in [-0.2, -0.15) is 0 Å². The van der Waals surface area contributed by atoms with Crippen LogP contribution >= 0.6 is 11.3 Å². The minimum atomic E-state index is -0.864. The number of carboxylic acids is 1. The van der Waals surface area contributed by atoms with Crippen LogP contribution in [-0.2, 0) is 33.6 Å². The average Bonchev–Trinajstić information content (AvgIpc) is 3.41. The fourth-order valence-corrected chi connectivity index (χ4v) is 6.11. The molecule has 4 aromatic rings. The largest absolute Gasteiger partial charge is 0.481 e. The van der Waals surface area contributed by atoms with Crippen LogP contribution in [0, 0.1) is 17.6 Å². The number of hydrogen-bond donors (Lipinski definition) is 3. The predicted octanol–water partition coefficient (Wildman–Crippen LogP) is 4.61. The molecule has 0 saturated carbocycles. The number of carbonyl (C=O) groups is 3. The second-order valence-corrected chi connectivity index (χ2v) is 10.8. The lowest BCUT2D eigenvalue weighted by Gasteiger charge is -2.20. The molecule has 2 aromatic heterocycles. The highest BCUT2D eigenvalue weighted by Gasteiger charge is 2.25. The Balaban J connectivity index is 1.19. The minimum absolute atomic E-state index is 0.162. The molecular weight excluding hydrogens is 526 g/mol. The number of nitrogens with zero attached hydrogens (tertiary/aromatic N) is 2. The van der Waals surface area contributed by atoms with Crippen LogP contribution in [0.1, 0.15) is 35.9 Å². The Kier molecular flexibility index (Phi) is 7.42. The summed E-state index contributed by atoms with van der Waals surface area (Å²) in [4.78, 5) is 42.7. The van der Waals surface area contributed by atoms with Crippen molar-refractivity contribution in [2.45, 2.75) is 45.1 Å². The molecule has 1 unspecified atom stereocenters. The van der Waals surface area contributed by atoms with E-state index in [0.29, 0.717) is 5.69 Å². The van der Waals surface area contributed by atoms with Crippen molar-refractivity contribution in [3.05, 3.63) is 76.4 Å². The number of thiazole rings is 1. The number of benzene rings is 2. The number of imidazole rings is 1. The lowest BCUT2D eigenvalue weighted by atomic mass is 9.88. The molecule has 0 aliphatic heterocycles. The molecule has 39 heavy (non-hydrogen) atoms. The molecule has 3 N–H and O–H groups in total. The van der Waals surface area contributed by atoms with E-state index in [0.717, 1.165) is 53.7 Å². The third-order valence-electron chi connectivity index (χ3n) is 6.73. The maximum atomic E-state index is 13.3. The maximum absolute atomic E-state index is 13.3. The van der Waals surface area contributed by atoms with Gasteiger partial charge in [0, 0.05) is 40.5 Å². The first-order valence-electron chi connectivity index (χ1n) is 12.5. The van der Waals surface area contributed by atoms with Crippen molar-refractivity contribution >= 4 is 39.8 Å². The topological polar surface area (TPSA) is 113 Å². The molecular formula is C28H26F2N4O4S. The third kappa shape index (κ3) is 6.14. The summed E-state index contributed by atoms with van der Waals surface area (Å²) in [6, 6.07) is 9.20. The lowest BCUT2D eigenvalue weighted by molar-refractivity contribution is -0.138. The van der Waals surface area contributed by atoms with Crippen LogP contribution in [-0.4, -0.2) is 38.3 Å². The first-order valence-corrected chi connectivity index (χ1v) is 13.3. The van der Waals surface area contributed by atoms with Crippen LogP contribution in [0.3, 0.4) is 0 Å². The first-order chi connectivity index (χ1) is 18.6. The van der Waals surface area contributed by atoms with E-state index in [2.05, 4.69) is 15.0 Å². The van der Waals surface area contributed by atoms with E-state index in [1.165, 1.54) is 17.5 Å². The molecule has 5 rings (SSSR count). The van der Waals surface area contributed by atoms with Crippen LogP contribution in [0.25, 0.3) is 16.2 Å². The first kappa shape index (κ1) is 26.5. The SMILES string of the molecule is C[C@@H](NC(=O)Cc1cc(F)cc(F)c1)C(=O)Nc1ccc(-c2cn3c4c(sc3n2)CC(CC(=O)O)CC4)cc1. The fraction of sp³-hybridized carbons (Fsp3) is 0.286. The number of amides is 2. The molecule has 0 bridgehead atoms. The fourth-order valence-electron chi connectivity index (χ4n) is 4.85. The number of aliphatic carboxylic acids is 1. The summed E-state index contributed by atoms with van der Waals surface area (Å²) in [6.07, 6.45) is 4.35. The summed E-state index contributed by atoms with van der Waals surface area (Å²) < 4.78 is 28.8. The molecule has 1 aliphatic rings. The number of anilines is 1. The number of aryl methyl sites for hydroxylation is 1. The average molecular weight is 553 g/mol. The zero-order chi connectivity index (χ0) is 27.7. The second-order valence-electron chi connectivity index (χ2n) is 9.77. The van der Waals surface area contributed by atoms with Crippen LogP contribution in [0.2, 0.25) is 0 Å². The Morgan fingerprint density at radius 3 is 2.56 bits per heavy atom. The van der Waals surface area contributed by atoms with Gasteiger partial charge in [0.05, 0.1) is 12.1 Å². The highest BCUT2D eigenvalue weighted by atomic mass is 32.1. The summed E-state index contributed by atoms with van der Waals surface area (Å²) >= 11 is 1.60. The summed E-state index contributed by atoms with van der Waals surface area (Å²) in [5.74, 6) is -3.10. The van der Waals surface area contributed by atoms with Crippen LogP contribution in [0.15, 0.2) is 48.7 Å². The molecule has 2 aromatic carbocycles. The number of rotatable bonds is 8.